The fraction of sp³-hybridized carbons (Fsp3) is 0.692. The summed E-state index contributed by atoms with van der Waals surface area (Å²) in [5, 5.41) is 0. The Morgan fingerprint density at radius 2 is 1.57 bits per heavy atom. The van der Waals surface area contributed by atoms with Crippen LogP contribution in [0.4, 0.5) is 0 Å². The Bertz CT molecular complexity index is 101. The van der Waals surface area contributed by atoms with Gasteiger partial charge in [-0.1, -0.05) is 40.5 Å². The van der Waals surface area contributed by atoms with Crippen molar-refractivity contribution in [1.82, 2.24) is 0 Å². The molecule has 0 aliphatic rings. The van der Waals surface area contributed by atoms with Crippen LogP contribution in [-0.2, 0) is 32.7 Å². The van der Waals surface area contributed by atoms with Gasteiger partial charge in [-0.3, -0.25) is 0 Å². The molecule has 0 aromatic rings. The van der Waals surface area contributed by atoms with Crippen LogP contribution in [0.2, 0.25) is 0 Å². The van der Waals surface area contributed by atoms with Gasteiger partial charge < -0.3 is 6.92 Å². The summed E-state index contributed by atoms with van der Waals surface area (Å²) in [6.07, 6.45) is 7.85. The molecule has 1 radical (unpaired) electrons. The molecule has 0 aliphatic heterocycles. The van der Waals surface area contributed by atoms with E-state index in [9.17, 15) is 0 Å². The zero-order valence-corrected chi connectivity index (χ0v) is 13.3. The monoisotopic (exact) mass is 271 g/mol. The van der Waals surface area contributed by atoms with E-state index in [1.807, 2.05) is 6.08 Å². The van der Waals surface area contributed by atoms with Gasteiger partial charge in [-0.2, -0.15) is 5.92 Å². The Hall–Kier alpha value is 0.714. The van der Waals surface area contributed by atoms with Crippen molar-refractivity contribution in [3.63, 3.8) is 0 Å². The van der Waals surface area contributed by atoms with Gasteiger partial charge in [0.15, 0.2) is 0 Å². The Morgan fingerprint density at radius 1 is 1.14 bits per heavy atom. The minimum absolute atomic E-state index is 0. The van der Waals surface area contributed by atoms with Gasteiger partial charge in [-0.15, -0.1) is 6.42 Å². The predicted molar refractivity (Wildman–Crippen MR) is 63.4 cm³/mol. The molecular weight excluding hydrogens is 245 g/mol. The maximum absolute atomic E-state index is 3.64. The van der Waals surface area contributed by atoms with E-state index < -0.39 is 0 Å². The molecule has 0 spiro atoms. The van der Waals surface area contributed by atoms with Crippen LogP contribution in [0.15, 0.2) is 12.2 Å². The molecular formula is C13H26Y-2. The Kier molecular flexibility index (Phi) is 23.3. The standard InChI is InChI=1S/C9H17.C4H9.Y/c1-4-5-6-7-8-9(2)3;1-4(2)3;/h4-5,9H,1,6-8H2,2-3H3;4H,1H2,2-3H3;/q2*-1;/b5-4+;;. The zero-order valence-electron chi connectivity index (χ0n) is 10.4. The zero-order chi connectivity index (χ0) is 10.7. The average molecular weight is 271 g/mol. The fourth-order valence-corrected chi connectivity index (χ4v) is 0.762. The van der Waals surface area contributed by atoms with Crippen LogP contribution < -0.4 is 0 Å². The van der Waals surface area contributed by atoms with Crippen molar-refractivity contribution in [2.45, 2.75) is 47.0 Å². The Labute approximate surface area is 117 Å². The Balaban J connectivity index is -0.000000209. The van der Waals surface area contributed by atoms with E-state index in [-0.39, 0.29) is 32.7 Å². The molecule has 0 atom stereocenters. The number of allylic oxidation sites excluding steroid dienone is 2. The maximum Gasteiger partial charge on any atom is 0 e. The first-order valence-electron chi connectivity index (χ1n) is 5.28. The number of rotatable bonds is 4. The van der Waals surface area contributed by atoms with Crippen molar-refractivity contribution in [3.8, 4) is 0 Å². The van der Waals surface area contributed by atoms with Gasteiger partial charge in [0.1, 0.15) is 0 Å². The molecule has 0 nitrogen and oxygen atoms in total. The van der Waals surface area contributed by atoms with Gasteiger partial charge in [0.2, 0.25) is 0 Å². The minimum Gasteiger partial charge on any atom is -0.341 e. The normalized spacial score (nSPS) is 9.93. The summed E-state index contributed by atoms with van der Waals surface area (Å²) in [4.78, 5) is 0. The maximum atomic E-state index is 3.64. The third-order valence-corrected chi connectivity index (χ3v) is 1.32. The second kappa shape index (κ2) is 16.2. The summed E-state index contributed by atoms with van der Waals surface area (Å²) < 4.78 is 0. The van der Waals surface area contributed by atoms with Crippen molar-refractivity contribution >= 4 is 0 Å². The van der Waals surface area contributed by atoms with Crippen LogP contribution in [0.25, 0.3) is 0 Å². The predicted octanol–water partition coefficient (Wildman–Crippen LogP) is 4.68. The Morgan fingerprint density at radius 3 is 1.86 bits per heavy atom. The molecule has 0 rings (SSSR count). The third kappa shape index (κ3) is 38.7. The summed E-state index contributed by atoms with van der Waals surface area (Å²) in [7, 11) is 0. The van der Waals surface area contributed by atoms with E-state index in [1.54, 1.807) is 0 Å². The van der Waals surface area contributed by atoms with Gasteiger partial charge in [0.05, 0.1) is 0 Å². The molecule has 0 aromatic carbocycles. The van der Waals surface area contributed by atoms with E-state index in [1.165, 1.54) is 19.3 Å². The van der Waals surface area contributed by atoms with E-state index in [2.05, 4.69) is 47.6 Å². The fourth-order valence-electron chi connectivity index (χ4n) is 0.762. The summed E-state index contributed by atoms with van der Waals surface area (Å²) in [6.45, 7) is 15.9. The third-order valence-electron chi connectivity index (χ3n) is 1.32. The van der Waals surface area contributed by atoms with Gasteiger partial charge in [-0.05, 0) is 5.92 Å². The van der Waals surface area contributed by atoms with Crippen LogP contribution >= 0.6 is 0 Å². The van der Waals surface area contributed by atoms with Gasteiger partial charge >= 0.3 is 0 Å². The molecule has 0 bridgehead atoms. The van der Waals surface area contributed by atoms with E-state index >= 15 is 0 Å². The van der Waals surface area contributed by atoms with Crippen molar-refractivity contribution in [2.75, 3.05) is 0 Å². The van der Waals surface area contributed by atoms with E-state index in [0.717, 1.165) is 5.92 Å². The van der Waals surface area contributed by atoms with E-state index in [0.29, 0.717) is 5.92 Å². The molecule has 0 saturated heterocycles. The first-order valence-corrected chi connectivity index (χ1v) is 5.28. The molecule has 0 aliphatic carbocycles. The molecule has 0 amide bonds. The number of unbranched alkanes of at least 4 members (excludes halogenated alkanes) is 1. The second-order valence-electron chi connectivity index (χ2n) is 4.19. The van der Waals surface area contributed by atoms with Crippen LogP contribution in [0.1, 0.15) is 47.0 Å². The molecule has 14 heavy (non-hydrogen) atoms. The van der Waals surface area contributed by atoms with Crippen molar-refractivity contribution in [1.29, 1.82) is 0 Å². The summed E-state index contributed by atoms with van der Waals surface area (Å²) in [5.41, 5.74) is 0. The van der Waals surface area contributed by atoms with Gasteiger partial charge in [0, 0.05) is 32.7 Å². The molecule has 0 N–H and O–H groups in total. The minimum atomic E-state index is 0. The topological polar surface area (TPSA) is 0 Å². The quantitative estimate of drug-likeness (QED) is 0.514. The first kappa shape index (κ1) is 20.2. The van der Waals surface area contributed by atoms with Crippen molar-refractivity contribution in [2.24, 2.45) is 11.8 Å². The number of hydrogen-bond donors (Lipinski definition) is 0. The summed E-state index contributed by atoms with van der Waals surface area (Å²) >= 11 is 0. The van der Waals surface area contributed by atoms with Crippen molar-refractivity contribution in [3.05, 3.63) is 26.0 Å². The van der Waals surface area contributed by atoms with Crippen molar-refractivity contribution < 1.29 is 32.7 Å². The molecule has 0 heterocycles. The van der Waals surface area contributed by atoms with E-state index in [4.69, 9.17) is 0 Å². The smallest absolute Gasteiger partial charge is 0 e. The molecule has 0 fully saturated rings. The second-order valence-corrected chi connectivity index (χ2v) is 4.19. The van der Waals surface area contributed by atoms with Gasteiger partial charge in [-0.25, -0.2) is 19.1 Å². The van der Waals surface area contributed by atoms with Crippen LogP contribution in [0.3, 0.4) is 0 Å². The number of hydrogen-bond acceptors (Lipinski definition) is 0. The van der Waals surface area contributed by atoms with Crippen LogP contribution in [-0.4, -0.2) is 0 Å². The van der Waals surface area contributed by atoms with Crippen LogP contribution in [0.5, 0.6) is 0 Å². The SMILES string of the molecule is [CH2-]/C=C/CCCC(C)C.[CH2-]C(C)C.[Y]. The average Bonchev–Trinajstić information content (AvgIpc) is 1.97. The molecule has 1 heteroatoms. The molecule has 0 unspecified atom stereocenters. The van der Waals surface area contributed by atoms with Crippen LogP contribution in [0, 0.1) is 25.7 Å². The summed E-state index contributed by atoms with van der Waals surface area (Å²) in [5.74, 6) is 1.43. The first-order chi connectivity index (χ1) is 6.00. The molecule has 0 aromatic heterocycles. The summed E-state index contributed by atoms with van der Waals surface area (Å²) in [6, 6.07) is 0. The molecule has 83 valence electrons. The van der Waals surface area contributed by atoms with Gasteiger partial charge in [0.25, 0.3) is 0 Å². The molecule has 0 saturated carbocycles. The largest absolute Gasteiger partial charge is 0.341 e.